The van der Waals surface area contributed by atoms with Crippen molar-refractivity contribution in [2.24, 2.45) is 0 Å². The van der Waals surface area contributed by atoms with Crippen LogP contribution in [0.4, 0.5) is 8.78 Å². The number of carbonyl (C=O) groups excluding carboxylic acids is 1. The van der Waals surface area contributed by atoms with Gasteiger partial charge in [-0.3, -0.25) is 9.59 Å². The van der Waals surface area contributed by atoms with Crippen LogP contribution in [0.25, 0.3) is 21.9 Å². The van der Waals surface area contributed by atoms with Crippen molar-refractivity contribution in [2.45, 2.75) is 83.8 Å². The molecular weight excluding hydrogens is 588 g/mol. The van der Waals surface area contributed by atoms with Crippen LogP contribution in [0.2, 0.25) is 0 Å². The second kappa shape index (κ2) is 12.3. The minimum atomic E-state index is -2.60. The molecule has 2 aromatic heterocycles. The van der Waals surface area contributed by atoms with Crippen LogP contribution in [-0.4, -0.2) is 54.4 Å². The summed E-state index contributed by atoms with van der Waals surface area (Å²) in [4.78, 5) is 27.9. The maximum atomic E-state index is 14.0. The molecule has 5 heterocycles. The Bertz CT molecular complexity index is 1960. The summed E-state index contributed by atoms with van der Waals surface area (Å²) in [6.07, 6.45) is 2.80. The topological polar surface area (TPSA) is 93.3 Å². The number of hydrogen-bond acceptors (Lipinski definition) is 4. The SMILES string of the molecule is Cc1c2ccc3c1nnn3CCCCCCc1ccc3c(c1)cc(n3CC(F)F)C(=O)N1CCc3ccc(cc3C1)[C@@H]2CC(=O)O. The first-order valence-corrected chi connectivity index (χ1v) is 16.1. The highest BCUT2D eigenvalue weighted by Crippen LogP contribution is 2.36. The Kier molecular flexibility index (Phi) is 8.04. The van der Waals surface area contributed by atoms with Crippen molar-refractivity contribution in [3.63, 3.8) is 0 Å². The molecule has 238 valence electrons. The van der Waals surface area contributed by atoms with E-state index in [0.29, 0.717) is 25.0 Å². The molecule has 3 aliphatic rings. The van der Waals surface area contributed by atoms with Gasteiger partial charge in [-0.05, 0) is 90.3 Å². The molecule has 0 saturated heterocycles. The van der Waals surface area contributed by atoms with Gasteiger partial charge in [0.2, 0.25) is 0 Å². The maximum absolute atomic E-state index is 14.0. The summed E-state index contributed by atoms with van der Waals surface area (Å²) in [6, 6.07) is 17.7. The molecule has 5 aromatic rings. The van der Waals surface area contributed by atoms with Gasteiger partial charge in [-0.25, -0.2) is 13.5 Å². The fraction of sp³-hybridized carbons (Fsp3) is 0.389. The maximum Gasteiger partial charge on any atom is 0.304 e. The minimum Gasteiger partial charge on any atom is -0.481 e. The van der Waals surface area contributed by atoms with Crippen molar-refractivity contribution < 1.29 is 23.5 Å². The number of carboxylic acids is 1. The third-order valence-electron chi connectivity index (χ3n) is 9.76. The number of alkyl halides is 2. The Morgan fingerprint density at radius 3 is 2.61 bits per heavy atom. The van der Waals surface area contributed by atoms with Gasteiger partial charge in [0.25, 0.3) is 12.3 Å². The van der Waals surface area contributed by atoms with E-state index in [0.717, 1.165) is 88.4 Å². The first-order chi connectivity index (χ1) is 22.3. The number of nitrogens with zero attached hydrogens (tertiary/aromatic N) is 5. The lowest BCUT2D eigenvalue weighted by Gasteiger charge is -2.30. The lowest BCUT2D eigenvalue weighted by Crippen LogP contribution is -2.37. The monoisotopic (exact) mass is 625 g/mol. The summed E-state index contributed by atoms with van der Waals surface area (Å²) >= 11 is 0. The fourth-order valence-electron chi connectivity index (χ4n) is 7.37. The van der Waals surface area contributed by atoms with Gasteiger partial charge in [-0.15, -0.1) is 5.10 Å². The van der Waals surface area contributed by atoms with E-state index >= 15 is 0 Å². The van der Waals surface area contributed by atoms with Crippen molar-refractivity contribution in [3.05, 3.63) is 93.7 Å². The van der Waals surface area contributed by atoms with Gasteiger partial charge < -0.3 is 14.6 Å². The lowest BCUT2D eigenvalue weighted by molar-refractivity contribution is -0.137. The largest absolute Gasteiger partial charge is 0.481 e. The molecule has 1 N–H and O–H groups in total. The van der Waals surface area contributed by atoms with E-state index in [9.17, 15) is 23.5 Å². The van der Waals surface area contributed by atoms with E-state index in [-0.39, 0.29) is 18.0 Å². The molecule has 46 heavy (non-hydrogen) atoms. The number of fused-ring (bicyclic) bond motifs is 6. The summed E-state index contributed by atoms with van der Waals surface area (Å²) in [5.74, 6) is -1.61. The predicted molar refractivity (Wildman–Crippen MR) is 171 cm³/mol. The highest BCUT2D eigenvalue weighted by atomic mass is 19.3. The number of halogens is 2. The van der Waals surface area contributed by atoms with Gasteiger partial charge in [-0.2, -0.15) is 0 Å². The van der Waals surface area contributed by atoms with Crippen LogP contribution in [0.5, 0.6) is 0 Å². The molecule has 0 fully saturated rings. The molecule has 10 bridgehead atoms. The van der Waals surface area contributed by atoms with Crippen LogP contribution in [-0.2, 0) is 37.3 Å². The molecule has 0 unspecified atom stereocenters. The van der Waals surface area contributed by atoms with E-state index in [4.69, 9.17) is 0 Å². The number of carbonyl (C=O) groups is 2. The number of aryl methyl sites for hydroxylation is 3. The van der Waals surface area contributed by atoms with Crippen molar-refractivity contribution in [1.29, 1.82) is 0 Å². The van der Waals surface area contributed by atoms with Crippen molar-refractivity contribution in [1.82, 2.24) is 24.5 Å². The van der Waals surface area contributed by atoms with Crippen LogP contribution >= 0.6 is 0 Å². The lowest BCUT2D eigenvalue weighted by atomic mass is 9.83. The van der Waals surface area contributed by atoms with Crippen molar-refractivity contribution >= 4 is 33.8 Å². The quantitative estimate of drug-likeness (QED) is 0.235. The Morgan fingerprint density at radius 2 is 1.78 bits per heavy atom. The average Bonchev–Trinajstić information content (AvgIpc) is 3.61. The van der Waals surface area contributed by atoms with Crippen LogP contribution in [0, 0.1) is 6.92 Å². The average molecular weight is 626 g/mol. The van der Waals surface area contributed by atoms with Crippen LogP contribution in [0.15, 0.2) is 54.6 Å². The molecule has 8 nitrogen and oxygen atoms in total. The van der Waals surface area contributed by atoms with E-state index in [1.54, 1.807) is 11.0 Å². The molecule has 3 aromatic carbocycles. The molecule has 0 spiro atoms. The standard InChI is InChI=1S/C36H37F2N5O3/c1-22-28-10-12-31-35(22)39-40-43(31)14-5-3-2-4-6-23-7-11-30-26(16-23)18-32(42(30)21-33(37)38)36(46)41-15-13-24-8-9-25(17-27(24)20-41)29(28)19-34(44)45/h7-12,16-18,29,33H,2-6,13-15,19-21H2,1H3,(H,44,45)/t29-/m0/s1. The van der Waals surface area contributed by atoms with Gasteiger partial charge in [0.05, 0.1) is 18.5 Å². The Balaban J connectivity index is 1.31. The molecular formula is C36H37F2N5O3. The highest BCUT2D eigenvalue weighted by molar-refractivity contribution is 5.99. The number of benzene rings is 3. The molecule has 1 amide bonds. The minimum absolute atomic E-state index is 0.0996. The van der Waals surface area contributed by atoms with Gasteiger partial charge >= 0.3 is 5.97 Å². The Morgan fingerprint density at radius 1 is 0.957 bits per heavy atom. The number of hydrogen-bond donors (Lipinski definition) is 1. The number of amides is 1. The highest BCUT2D eigenvalue weighted by Gasteiger charge is 2.28. The molecule has 0 aliphatic carbocycles. The number of aromatic nitrogens is 4. The summed E-state index contributed by atoms with van der Waals surface area (Å²) in [7, 11) is 0. The van der Waals surface area contributed by atoms with Gasteiger partial charge in [-0.1, -0.05) is 48.4 Å². The van der Waals surface area contributed by atoms with Crippen LogP contribution in [0.1, 0.15) is 81.9 Å². The van der Waals surface area contributed by atoms with Crippen molar-refractivity contribution in [3.8, 4) is 0 Å². The molecule has 8 rings (SSSR count). The predicted octanol–water partition coefficient (Wildman–Crippen LogP) is 6.88. The normalized spacial score (nSPS) is 17.4. The summed E-state index contributed by atoms with van der Waals surface area (Å²) in [5, 5.41) is 19.7. The van der Waals surface area contributed by atoms with E-state index in [2.05, 4.69) is 10.3 Å². The first-order valence-electron chi connectivity index (χ1n) is 16.1. The zero-order chi connectivity index (χ0) is 31.9. The van der Waals surface area contributed by atoms with Crippen molar-refractivity contribution in [2.75, 3.05) is 6.54 Å². The zero-order valence-corrected chi connectivity index (χ0v) is 25.9. The van der Waals surface area contributed by atoms with E-state index in [1.165, 1.54) is 4.57 Å². The zero-order valence-electron chi connectivity index (χ0n) is 25.9. The van der Waals surface area contributed by atoms with Crippen LogP contribution in [0.3, 0.4) is 0 Å². The Hall–Kier alpha value is -4.60. The third-order valence-corrected chi connectivity index (χ3v) is 9.76. The van der Waals surface area contributed by atoms with E-state index in [1.807, 2.05) is 60.1 Å². The smallest absolute Gasteiger partial charge is 0.304 e. The fourth-order valence-corrected chi connectivity index (χ4v) is 7.37. The van der Waals surface area contributed by atoms with Gasteiger partial charge in [0.15, 0.2) is 0 Å². The molecule has 3 aliphatic heterocycles. The summed E-state index contributed by atoms with van der Waals surface area (Å²) < 4.78 is 31.0. The molecule has 0 radical (unpaired) electrons. The van der Waals surface area contributed by atoms with Gasteiger partial charge in [0.1, 0.15) is 11.2 Å². The summed E-state index contributed by atoms with van der Waals surface area (Å²) in [5.41, 5.74) is 8.45. The third kappa shape index (κ3) is 5.65. The number of aliphatic carboxylic acids is 1. The Labute approximate surface area is 265 Å². The second-order valence-electron chi connectivity index (χ2n) is 12.7. The van der Waals surface area contributed by atoms with Crippen LogP contribution < -0.4 is 0 Å². The van der Waals surface area contributed by atoms with E-state index < -0.39 is 24.9 Å². The first kappa shape index (κ1) is 30.1. The molecule has 0 saturated carbocycles. The molecule has 1 atom stereocenters. The second-order valence-corrected chi connectivity index (χ2v) is 12.7. The number of carboxylic acid groups (broad SMARTS) is 1. The molecule has 10 heteroatoms. The van der Waals surface area contributed by atoms with Gasteiger partial charge in [0, 0.05) is 36.5 Å². The number of rotatable bonds is 4. The summed E-state index contributed by atoms with van der Waals surface area (Å²) in [6.45, 7) is 2.96.